The van der Waals surface area contributed by atoms with Crippen LogP contribution in [0.15, 0.2) is 36.2 Å². The Kier molecular flexibility index (Phi) is 6.04. The first-order valence-corrected chi connectivity index (χ1v) is 12.3. The van der Waals surface area contributed by atoms with Gasteiger partial charge in [-0.2, -0.15) is 5.10 Å². The van der Waals surface area contributed by atoms with E-state index < -0.39 is 0 Å². The van der Waals surface area contributed by atoms with Crippen molar-refractivity contribution in [2.45, 2.75) is 58.4 Å². The van der Waals surface area contributed by atoms with Gasteiger partial charge in [-0.15, -0.1) is 11.3 Å². The first-order chi connectivity index (χ1) is 16.2. The highest BCUT2D eigenvalue weighted by Gasteiger charge is 2.27. The summed E-state index contributed by atoms with van der Waals surface area (Å²) in [5, 5.41) is 9.79. The number of carbonyl (C=O) groups is 1. The molecular weight excluding hydrogens is 434 g/mol. The normalized spacial score (nSPS) is 15.4. The van der Waals surface area contributed by atoms with E-state index >= 15 is 0 Å². The lowest BCUT2D eigenvalue weighted by molar-refractivity contribution is 0.0930. The van der Waals surface area contributed by atoms with Crippen LogP contribution in [0.25, 0.3) is 16.5 Å². The molecule has 5 rings (SSSR count). The van der Waals surface area contributed by atoms with Gasteiger partial charge in [0.1, 0.15) is 0 Å². The number of rotatable bonds is 7. The highest BCUT2D eigenvalue weighted by Crippen LogP contribution is 2.29. The number of aromatic nitrogens is 6. The van der Waals surface area contributed by atoms with Crippen LogP contribution in [0, 0.1) is 6.92 Å². The molecule has 0 spiro atoms. The van der Waals surface area contributed by atoms with Crippen molar-refractivity contribution in [2.75, 3.05) is 0 Å². The minimum absolute atomic E-state index is 0.0628. The summed E-state index contributed by atoms with van der Waals surface area (Å²) < 4.78 is 1.73. The summed E-state index contributed by atoms with van der Waals surface area (Å²) in [6, 6.07) is 4.00. The first-order valence-electron chi connectivity index (χ1n) is 11.4. The number of thiophene rings is 1. The monoisotopic (exact) mass is 461 g/mol. The first kappa shape index (κ1) is 21.5. The van der Waals surface area contributed by atoms with Crippen LogP contribution < -0.4 is 5.32 Å². The molecule has 8 nitrogen and oxygen atoms in total. The molecule has 0 bridgehead atoms. The quantitative estimate of drug-likeness (QED) is 0.420. The van der Waals surface area contributed by atoms with Crippen LogP contribution in [0.1, 0.15) is 71.7 Å². The Bertz CT molecular complexity index is 1260. The predicted molar refractivity (Wildman–Crippen MR) is 128 cm³/mol. The molecule has 2 N–H and O–H groups in total. The summed E-state index contributed by atoms with van der Waals surface area (Å²) in [5.41, 5.74) is 5.39. The van der Waals surface area contributed by atoms with Crippen LogP contribution in [0.2, 0.25) is 0 Å². The Hall–Kier alpha value is -3.33. The zero-order chi connectivity index (χ0) is 22.8. The van der Waals surface area contributed by atoms with Gasteiger partial charge in [0.15, 0.2) is 0 Å². The van der Waals surface area contributed by atoms with Gasteiger partial charge >= 0.3 is 0 Å². The van der Waals surface area contributed by atoms with Gasteiger partial charge in [0.05, 0.1) is 51.8 Å². The number of fused-ring (bicyclic) bond motifs is 1. The number of hydrogen-bond donors (Lipinski definition) is 2. The topological polar surface area (TPSA) is 101 Å². The molecule has 9 heteroatoms. The number of hydrogen-bond acceptors (Lipinski definition) is 6. The van der Waals surface area contributed by atoms with E-state index in [9.17, 15) is 4.79 Å². The molecule has 1 aliphatic rings. The van der Waals surface area contributed by atoms with Crippen LogP contribution in [-0.2, 0) is 12.8 Å². The average Bonchev–Trinajstić information content (AvgIpc) is 3.59. The van der Waals surface area contributed by atoms with Gasteiger partial charge in [-0.3, -0.25) is 4.79 Å². The molecule has 1 aliphatic carbocycles. The number of aromatic amines is 1. The van der Waals surface area contributed by atoms with Crippen molar-refractivity contribution in [2.24, 2.45) is 0 Å². The molecule has 1 unspecified atom stereocenters. The lowest BCUT2D eigenvalue weighted by Gasteiger charge is -2.22. The number of nitrogens with zero attached hydrogens (tertiary/aromatic N) is 5. The van der Waals surface area contributed by atoms with Crippen LogP contribution in [0.5, 0.6) is 0 Å². The average molecular weight is 462 g/mol. The SMILES string of the molecule is CCCCc1c(C(=O)NC2CCCc3nc[nH]c32)cnn1-c1ncc(C)c(-c2cccs2)n1. The largest absolute Gasteiger partial charge is 0.347 e. The summed E-state index contributed by atoms with van der Waals surface area (Å²) in [4.78, 5) is 31.4. The smallest absolute Gasteiger partial charge is 0.255 e. The summed E-state index contributed by atoms with van der Waals surface area (Å²) in [6.07, 6.45) is 10.7. The number of nitrogens with one attached hydrogen (secondary N) is 2. The third kappa shape index (κ3) is 4.20. The summed E-state index contributed by atoms with van der Waals surface area (Å²) >= 11 is 1.64. The second-order valence-corrected chi connectivity index (χ2v) is 9.33. The predicted octanol–water partition coefficient (Wildman–Crippen LogP) is 4.57. The van der Waals surface area contributed by atoms with E-state index in [2.05, 4.69) is 38.4 Å². The number of unbranched alkanes of at least 4 members (excludes halogenated alkanes) is 1. The van der Waals surface area contributed by atoms with E-state index in [1.54, 1.807) is 28.5 Å². The fourth-order valence-electron chi connectivity index (χ4n) is 4.35. The Morgan fingerprint density at radius 3 is 3.06 bits per heavy atom. The van der Waals surface area contributed by atoms with Crippen molar-refractivity contribution in [3.63, 3.8) is 0 Å². The Morgan fingerprint density at radius 2 is 2.24 bits per heavy atom. The maximum Gasteiger partial charge on any atom is 0.255 e. The van der Waals surface area contributed by atoms with Gasteiger partial charge in [-0.05, 0) is 56.0 Å². The van der Waals surface area contributed by atoms with Gasteiger partial charge in [0.25, 0.3) is 11.9 Å². The van der Waals surface area contributed by atoms with Gasteiger partial charge in [0.2, 0.25) is 0 Å². The fourth-order valence-corrected chi connectivity index (χ4v) is 5.13. The van der Waals surface area contributed by atoms with Crippen molar-refractivity contribution in [1.29, 1.82) is 0 Å². The number of aryl methyl sites for hydroxylation is 2. The molecule has 0 aromatic carbocycles. The number of imidazole rings is 1. The minimum Gasteiger partial charge on any atom is -0.347 e. The molecule has 1 amide bonds. The van der Waals surface area contributed by atoms with E-state index in [0.29, 0.717) is 11.5 Å². The van der Waals surface area contributed by atoms with Crippen molar-refractivity contribution in [3.05, 3.63) is 64.4 Å². The molecule has 4 aromatic rings. The Morgan fingerprint density at radius 1 is 1.33 bits per heavy atom. The van der Waals surface area contributed by atoms with E-state index in [4.69, 9.17) is 4.98 Å². The lowest BCUT2D eigenvalue weighted by Crippen LogP contribution is -2.31. The standard InChI is InChI=1S/C24H27N7OS/c1-3-4-9-19-16(23(32)29-18-8-5-7-17-22(18)27-14-26-17)13-28-31(19)24-25-12-15(2)21(30-24)20-10-6-11-33-20/h6,10-14,18H,3-5,7-9H2,1-2H3,(H,26,27)(H,29,32). The van der Waals surface area contributed by atoms with Crippen molar-refractivity contribution >= 4 is 17.2 Å². The fraction of sp³-hybridized carbons (Fsp3) is 0.375. The lowest BCUT2D eigenvalue weighted by atomic mass is 9.96. The molecule has 0 saturated carbocycles. The molecule has 4 heterocycles. The maximum atomic E-state index is 13.3. The third-order valence-electron chi connectivity index (χ3n) is 6.10. The van der Waals surface area contributed by atoms with Gasteiger partial charge < -0.3 is 10.3 Å². The third-order valence-corrected chi connectivity index (χ3v) is 6.97. The van der Waals surface area contributed by atoms with E-state index in [1.165, 1.54) is 0 Å². The molecule has 0 saturated heterocycles. The molecule has 0 aliphatic heterocycles. The second kappa shape index (κ2) is 9.27. The number of amides is 1. The molecule has 0 radical (unpaired) electrons. The molecule has 0 fully saturated rings. The Labute approximate surface area is 196 Å². The van der Waals surface area contributed by atoms with Crippen molar-refractivity contribution in [3.8, 4) is 16.5 Å². The van der Waals surface area contributed by atoms with Gasteiger partial charge in [-0.25, -0.2) is 19.6 Å². The van der Waals surface area contributed by atoms with Crippen LogP contribution in [-0.4, -0.2) is 35.6 Å². The maximum absolute atomic E-state index is 13.3. The Balaban J connectivity index is 1.48. The molecule has 33 heavy (non-hydrogen) atoms. The van der Waals surface area contributed by atoms with Gasteiger partial charge in [0, 0.05) is 6.20 Å². The minimum atomic E-state index is -0.120. The molecular formula is C24H27N7OS. The van der Waals surface area contributed by atoms with E-state index in [-0.39, 0.29) is 11.9 Å². The van der Waals surface area contributed by atoms with Crippen LogP contribution >= 0.6 is 11.3 Å². The second-order valence-electron chi connectivity index (χ2n) is 8.38. The van der Waals surface area contributed by atoms with E-state index in [0.717, 1.165) is 71.7 Å². The summed E-state index contributed by atoms with van der Waals surface area (Å²) in [7, 11) is 0. The van der Waals surface area contributed by atoms with Crippen LogP contribution in [0.4, 0.5) is 0 Å². The van der Waals surface area contributed by atoms with E-state index in [1.807, 2.05) is 24.6 Å². The molecule has 1 atom stereocenters. The highest BCUT2D eigenvalue weighted by molar-refractivity contribution is 7.13. The number of H-pyrrole nitrogens is 1. The van der Waals surface area contributed by atoms with Gasteiger partial charge in [-0.1, -0.05) is 19.4 Å². The van der Waals surface area contributed by atoms with Crippen molar-refractivity contribution in [1.82, 2.24) is 35.0 Å². The zero-order valence-electron chi connectivity index (χ0n) is 18.8. The summed E-state index contributed by atoms with van der Waals surface area (Å²) in [5.74, 6) is 0.369. The van der Waals surface area contributed by atoms with Crippen LogP contribution in [0.3, 0.4) is 0 Å². The number of carbonyl (C=O) groups excluding carboxylic acids is 1. The molecule has 170 valence electrons. The highest BCUT2D eigenvalue weighted by atomic mass is 32.1. The molecule has 4 aromatic heterocycles. The summed E-state index contributed by atoms with van der Waals surface area (Å²) in [6.45, 7) is 4.15. The van der Waals surface area contributed by atoms with Crippen molar-refractivity contribution < 1.29 is 4.79 Å². The zero-order valence-corrected chi connectivity index (χ0v) is 19.7.